The monoisotopic (exact) mass is 390 g/mol. The summed E-state index contributed by atoms with van der Waals surface area (Å²) >= 11 is 3.23. The molecule has 0 radical (unpaired) electrons. The van der Waals surface area contributed by atoms with Crippen LogP contribution >= 0.6 is 15.9 Å². The molecule has 0 aliphatic rings. The molecule has 1 N–H and O–H groups in total. The maximum Gasteiger partial charge on any atom is 0.421 e. The van der Waals surface area contributed by atoms with Crippen molar-refractivity contribution in [2.24, 2.45) is 5.11 Å². The van der Waals surface area contributed by atoms with Crippen LogP contribution in [-0.2, 0) is 21.3 Å². The summed E-state index contributed by atoms with van der Waals surface area (Å²) in [6.45, 7) is 4.84. The van der Waals surface area contributed by atoms with Crippen molar-refractivity contribution in [1.29, 1.82) is 0 Å². The molecule has 0 saturated carbocycles. The number of nitrogens with zero attached hydrogens (tertiary/aromatic N) is 3. The topological polar surface area (TPSA) is 121 Å². The molecule has 1 aromatic carbocycles. The Morgan fingerprint density at radius 1 is 1.45 bits per heavy atom. The van der Waals surface area contributed by atoms with E-state index in [0.29, 0.717) is 10.0 Å². The Morgan fingerprint density at radius 3 is 2.64 bits per heavy atom. The Balaban J connectivity index is 3.03. The molecule has 0 unspecified atom stereocenters. The van der Waals surface area contributed by atoms with Gasteiger partial charge in [0.05, 0.1) is 11.4 Å². The fourth-order valence-electron chi connectivity index (χ4n) is 1.41. The zero-order chi connectivity index (χ0) is 17.0. The first-order chi connectivity index (χ1) is 10.0. The number of hydrogen-bond acceptors (Lipinski definition) is 5. The first kappa shape index (κ1) is 18.3. The zero-order valence-corrected chi connectivity index (χ0v) is 14.6. The number of amides is 1. The molecule has 0 atom stereocenters. The number of azide groups is 1. The van der Waals surface area contributed by atoms with E-state index in [1.165, 1.54) is 18.2 Å². The first-order valence-electron chi connectivity index (χ1n) is 6.10. The standard InChI is InChI=1S/C12H15BrN4O4S/c1-12(2,3)21-11(18)16-22(19,20)9-4-5-10(13)8(6-9)7-15-17-14/h4-6H,7H2,1-3H3,(H,16,18). The fourth-order valence-corrected chi connectivity index (χ4v) is 2.71. The predicted molar refractivity (Wildman–Crippen MR) is 83.5 cm³/mol. The second-order valence-corrected chi connectivity index (χ2v) is 7.79. The lowest BCUT2D eigenvalue weighted by Crippen LogP contribution is -2.36. The van der Waals surface area contributed by atoms with Crippen molar-refractivity contribution < 1.29 is 17.9 Å². The molecule has 0 aliphatic carbocycles. The van der Waals surface area contributed by atoms with Gasteiger partial charge in [-0.2, -0.15) is 0 Å². The van der Waals surface area contributed by atoms with Crippen LogP contribution in [0.5, 0.6) is 0 Å². The predicted octanol–water partition coefficient (Wildman–Crippen LogP) is 3.47. The molecule has 22 heavy (non-hydrogen) atoms. The van der Waals surface area contributed by atoms with Crippen molar-refractivity contribution in [3.05, 3.63) is 38.7 Å². The van der Waals surface area contributed by atoms with Gasteiger partial charge in [-0.3, -0.25) is 0 Å². The number of carbonyl (C=O) groups excluding carboxylic acids is 1. The number of carbonyl (C=O) groups is 1. The molecule has 1 rings (SSSR count). The lowest BCUT2D eigenvalue weighted by Gasteiger charge is -2.19. The van der Waals surface area contributed by atoms with Crippen molar-refractivity contribution in [3.63, 3.8) is 0 Å². The molecular weight excluding hydrogens is 376 g/mol. The van der Waals surface area contributed by atoms with Gasteiger partial charge in [0.15, 0.2) is 0 Å². The second-order valence-electron chi connectivity index (χ2n) is 5.25. The van der Waals surface area contributed by atoms with Crippen LogP contribution in [0.25, 0.3) is 10.4 Å². The molecule has 0 aliphatic heterocycles. The summed E-state index contributed by atoms with van der Waals surface area (Å²) in [6.07, 6.45) is -1.06. The number of benzene rings is 1. The summed E-state index contributed by atoms with van der Waals surface area (Å²) < 4.78 is 31.6. The number of rotatable bonds is 4. The van der Waals surface area contributed by atoms with Gasteiger partial charge in [-0.05, 0) is 50.1 Å². The molecule has 1 amide bonds. The highest BCUT2D eigenvalue weighted by molar-refractivity contribution is 9.10. The molecule has 10 heteroatoms. The lowest BCUT2D eigenvalue weighted by atomic mass is 10.2. The Hall–Kier alpha value is -1.77. The molecule has 0 saturated heterocycles. The maximum atomic E-state index is 12.1. The summed E-state index contributed by atoms with van der Waals surface area (Å²) in [5, 5.41) is 3.38. The van der Waals surface area contributed by atoms with E-state index in [-0.39, 0.29) is 11.4 Å². The van der Waals surface area contributed by atoms with Gasteiger partial charge in [0.25, 0.3) is 10.0 Å². The van der Waals surface area contributed by atoms with Gasteiger partial charge in [-0.1, -0.05) is 21.0 Å². The third-order valence-corrected chi connectivity index (χ3v) is 4.33. The Labute approximate surface area is 136 Å². The first-order valence-corrected chi connectivity index (χ1v) is 8.38. The minimum absolute atomic E-state index is 0.0210. The largest absolute Gasteiger partial charge is 0.443 e. The number of halogens is 1. The van der Waals surface area contributed by atoms with E-state index >= 15 is 0 Å². The third kappa shape index (κ3) is 5.55. The second kappa shape index (κ2) is 6.99. The molecule has 0 bridgehead atoms. The zero-order valence-electron chi connectivity index (χ0n) is 12.2. The molecule has 0 fully saturated rings. The number of ether oxygens (including phenoxy) is 1. The summed E-state index contributed by atoms with van der Waals surface area (Å²) in [4.78, 5) is 14.1. The van der Waals surface area contributed by atoms with E-state index in [1.54, 1.807) is 20.8 Å². The highest BCUT2D eigenvalue weighted by atomic mass is 79.9. The maximum absolute atomic E-state index is 12.1. The highest BCUT2D eigenvalue weighted by Gasteiger charge is 2.23. The summed E-state index contributed by atoms with van der Waals surface area (Å²) in [7, 11) is -4.08. The van der Waals surface area contributed by atoms with Gasteiger partial charge in [0.2, 0.25) is 0 Å². The molecule has 0 aromatic heterocycles. The van der Waals surface area contributed by atoms with Crippen LogP contribution in [0, 0.1) is 0 Å². The van der Waals surface area contributed by atoms with Crippen molar-refractivity contribution in [3.8, 4) is 0 Å². The van der Waals surface area contributed by atoms with E-state index in [1.807, 2.05) is 4.72 Å². The van der Waals surface area contributed by atoms with Crippen LogP contribution in [0.4, 0.5) is 4.79 Å². The molecular formula is C12H15BrN4O4S. The smallest absolute Gasteiger partial charge is 0.421 e. The summed E-state index contributed by atoms with van der Waals surface area (Å²) in [5.41, 5.74) is 7.99. The van der Waals surface area contributed by atoms with Crippen molar-refractivity contribution in [2.45, 2.75) is 37.8 Å². The van der Waals surface area contributed by atoms with Crippen LogP contribution in [-0.4, -0.2) is 20.1 Å². The molecule has 8 nitrogen and oxygen atoms in total. The number of nitrogens with one attached hydrogen (secondary N) is 1. The van der Waals surface area contributed by atoms with Gasteiger partial charge in [-0.15, -0.1) is 0 Å². The normalized spacial score (nSPS) is 11.5. The van der Waals surface area contributed by atoms with Gasteiger partial charge in [0, 0.05) is 9.38 Å². The quantitative estimate of drug-likeness (QED) is 0.480. The van der Waals surface area contributed by atoms with Crippen LogP contribution in [0.3, 0.4) is 0 Å². The minimum Gasteiger partial charge on any atom is -0.443 e. The van der Waals surface area contributed by atoms with E-state index in [9.17, 15) is 13.2 Å². The third-order valence-electron chi connectivity index (χ3n) is 2.25. The van der Waals surface area contributed by atoms with Crippen LogP contribution in [0.15, 0.2) is 32.7 Å². The number of sulfonamides is 1. The van der Waals surface area contributed by atoms with E-state index in [2.05, 4.69) is 26.0 Å². The van der Waals surface area contributed by atoms with Gasteiger partial charge in [0.1, 0.15) is 5.60 Å². The van der Waals surface area contributed by atoms with Gasteiger partial charge >= 0.3 is 6.09 Å². The number of hydrogen-bond donors (Lipinski definition) is 1. The van der Waals surface area contributed by atoms with Crippen molar-refractivity contribution in [2.75, 3.05) is 0 Å². The molecule has 1 aromatic rings. The molecule has 0 heterocycles. The average molecular weight is 391 g/mol. The van der Waals surface area contributed by atoms with Crippen LogP contribution in [0.1, 0.15) is 26.3 Å². The summed E-state index contributed by atoms with van der Waals surface area (Å²) in [6, 6.07) is 4.12. The van der Waals surface area contributed by atoms with Gasteiger partial charge < -0.3 is 4.74 Å². The van der Waals surface area contributed by atoms with Crippen LogP contribution in [0.2, 0.25) is 0 Å². The Morgan fingerprint density at radius 2 is 2.09 bits per heavy atom. The van der Waals surface area contributed by atoms with Crippen molar-refractivity contribution >= 4 is 32.0 Å². The Kier molecular flexibility index (Phi) is 5.81. The average Bonchev–Trinajstić information content (AvgIpc) is 2.34. The minimum atomic E-state index is -4.08. The summed E-state index contributed by atoms with van der Waals surface area (Å²) in [5.74, 6) is 0. The molecule has 0 spiro atoms. The lowest BCUT2D eigenvalue weighted by molar-refractivity contribution is 0.0570. The van der Waals surface area contributed by atoms with E-state index in [0.717, 1.165) is 0 Å². The SMILES string of the molecule is CC(C)(C)OC(=O)NS(=O)(=O)c1ccc(Br)c(CN=[N+]=[N-])c1. The van der Waals surface area contributed by atoms with Crippen LogP contribution < -0.4 is 4.72 Å². The van der Waals surface area contributed by atoms with E-state index in [4.69, 9.17) is 10.3 Å². The van der Waals surface area contributed by atoms with E-state index < -0.39 is 21.7 Å². The van der Waals surface area contributed by atoms with Gasteiger partial charge in [-0.25, -0.2) is 17.9 Å². The molecule has 120 valence electrons. The fraction of sp³-hybridized carbons (Fsp3) is 0.417. The highest BCUT2D eigenvalue weighted by Crippen LogP contribution is 2.22. The van der Waals surface area contributed by atoms with Crippen molar-refractivity contribution in [1.82, 2.24) is 4.72 Å². The Bertz CT molecular complexity index is 721.